The maximum atomic E-state index is 8.73. The van der Waals surface area contributed by atoms with Crippen LogP contribution in [0.5, 0.6) is 5.75 Å². The second-order valence-electron chi connectivity index (χ2n) is 3.79. The summed E-state index contributed by atoms with van der Waals surface area (Å²) in [6.45, 7) is 4.81. The molecule has 0 aromatic heterocycles. The molecule has 0 unspecified atom stereocenters. The fraction of sp³-hybridized carbons (Fsp3) is 0.462. The van der Waals surface area contributed by atoms with E-state index in [1.165, 1.54) is 0 Å². The molecule has 16 heavy (non-hydrogen) atoms. The van der Waals surface area contributed by atoms with E-state index < -0.39 is 0 Å². The van der Waals surface area contributed by atoms with Gasteiger partial charge >= 0.3 is 0 Å². The molecule has 0 spiro atoms. The highest BCUT2D eigenvalue weighted by Crippen LogP contribution is 2.12. The van der Waals surface area contributed by atoms with Gasteiger partial charge in [-0.3, -0.25) is 0 Å². The van der Waals surface area contributed by atoms with Gasteiger partial charge in [0.1, 0.15) is 12.4 Å². The van der Waals surface area contributed by atoms with E-state index in [1.54, 1.807) is 12.1 Å². The number of hydrogen-bond acceptors (Lipinski definition) is 3. The molecule has 0 bridgehead atoms. The molecule has 1 aromatic rings. The summed E-state index contributed by atoms with van der Waals surface area (Å²) in [7, 11) is 2.08. The van der Waals surface area contributed by atoms with E-state index in [0.717, 1.165) is 25.3 Å². The molecule has 0 amide bonds. The molecule has 0 N–H and O–H groups in total. The van der Waals surface area contributed by atoms with E-state index in [9.17, 15) is 0 Å². The second-order valence-corrected chi connectivity index (χ2v) is 3.79. The van der Waals surface area contributed by atoms with Crippen molar-refractivity contribution in [1.29, 1.82) is 5.26 Å². The van der Waals surface area contributed by atoms with E-state index >= 15 is 0 Å². The van der Waals surface area contributed by atoms with E-state index in [2.05, 4.69) is 24.9 Å². The summed E-state index contributed by atoms with van der Waals surface area (Å²) in [5, 5.41) is 8.73. The minimum Gasteiger partial charge on any atom is -0.492 e. The van der Waals surface area contributed by atoms with Gasteiger partial charge in [0, 0.05) is 6.54 Å². The first kappa shape index (κ1) is 12.5. The molecule has 0 radical (unpaired) electrons. The van der Waals surface area contributed by atoms with Gasteiger partial charge in [-0.15, -0.1) is 0 Å². The Kier molecular flexibility index (Phi) is 5.38. The van der Waals surface area contributed by atoms with Gasteiger partial charge in [-0.05, 0) is 38.2 Å². The molecule has 1 aromatic carbocycles. The number of benzene rings is 1. The molecule has 3 nitrogen and oxygen atoms in total. The highest BCUT2D eigenvalue weighted by atomic mass is 16.5. The van der Waals surface area contributed by atoms with Crippen LogP contribution in [0, 0.1) is 11.3 Å². The number of rotatable bonds is 6. The van der Waals surface area contributed by atoms with Gasteiger partial charge < -0.3 is 9.64 Å². The number of ether oxygens (including phenoxy) is 1. The van der Waals surface area contributed by atoms with Crippen molar-refractivity contribution in [3.63, 3.8) is 0 Å². The van der Waals surface area contributed by atoms with Crippen molar-refractivity contribution < 1.29 is 4.74 Å². The van der Waals surface area contributed by atoms with Crippen LogP contribution in [-0.4, -0.2) is 31.6 Å². The first-order valence-electron chi connectivity index (χ1n) is 5.57. The second kappa shape index (κ2) is 6.86. The SMILES string of the molecule is CCCN(C)CCOc1cccc(C#N)c1. The fourth-order valence-electron chi connectivity index (χ4n) is 1.47. The molecule has 0 aliphatic carbocycles. The molecule has 0 aliphatic rings. The maximum absolute atomic E-state index is 8.73. The molecule has 86 valence electrons. The van der Waals surface area contributed by atoms with Gasteiger partial charge in [0.2, 0.25) is 0 Å². The number of nitriles is 1. The smallest absolute Gasteiger partial charge is 0.120 e. The number of likely N-dealkylation sites (N-methyl/N-ethyl adjacent to an activating group) is 1. The Balaban J connectivity index is 2.34. The quantitative estimate of drug-likeness (QED) is 0.735. The summed E-state index contributed by atoms with van der Waals surface area (Å²) in [4.78, 5) is 2.23. The predicted octanol–water partition coefficient (Wildman–Crippen LogP) is 2.28. The van der Waals surface area contributed by atoms with Gasteiger partial charge in [0.15, 0.2) is 0 Å². The van der Waals surface area contributed by atoms with Crippen molar-refractivity contribution >= 4 is 0 Å². The van der Waals surface area contributed by atoms with Crippen molar-refractivity contribution in [1.82, 2.24) is 4.90 Å². The third kappa shape index (κ3) is 4.33. The molecule has 3 heteroatoms. The Morgan fingerprint density at radius 2 is 2.19 bits per heavy atom. The van der Waals surface area contributed by atoms with Crippen molar-refractivity contribution in [2.75, 3.05) is 26.7 Å². The summed E-state index contributed by atoms with van der Waals surface area (Å²) >= 11 is 0. The summed E-state index contributed by atoms with van der Waals surface area (Å²) in [5.74, 6) is 0.768. The molecule has 1 rings (SSSR count). The van der Waals surface area contributed by atoms with Crippen LogP contribution in [0.2, 0.25) is 0 Å². The average molecular weight is 218 g/mol. The summed E-state index contributed by atoms with van der Waals surface area (Å²) in [6.07, 6.45) is 1.15. The zero-order valence-corrected chi connectivity index (χ0v) is 9.94. The van der Waals surface area contributed by atoms with Crippen molar-refractivity contribution in [3.8, 4) is 11.8 Å². The van der Waals surface area contributed by atoms with Crippen LogP contribution < -0.4 is 4.74 Å². The summed E-state index contributed by atoms with van der Waals surface area (Å²) < 4.78 is 5.57. The maximum Gasteiger partial charge on any atom is 0.120 e. The largest absolute Gasteiger partial charge is 0.492 e. The Morgan fingerprint density at radius 1 is 1.38 bits per heavy atom. The molecule has 0 aliphatic heterocycles. The number of nitrogens with zero attached hydrogens (tertiary/aromatic N) is 2. The molecular formula is C13H18N2O. The molecule has 0 fully saturated rings. The Morgan fingerprint density at radius 3 is 2.88 bits per heavy atom. The van der Waals surface area contributed by atoms with Gasteiger partial charge in [-0.25, -0.2) is 0 Å². The first-order valence-corrected chi connectivity index (χ1v) is 5.57. The van der Waals surface area contributed by atoms with Crippen molar-refractivity contribution in [3.05, 3.63) is 29.8 Å². The normalized spacial score (nSPS) is 10.1. The Bertz CT molecular complexity index is 357. The third-order valence-electron chi connectivity index (χ3n) is 2.31. The van der Waals surface area contributed by atoms with E-state index in [0.29, 0.717) is 12.2 Å². The fourth-order valence-corrected chi connectivity index (χ4v) is 1.47. The molecule has 0 saturated heterocycles. The lowest BCUT2D eigenvalue weighted by molar-refractivity contribution is 0.237. The highest BCUT2D eigenvalue weighted by molar-refractivity contribution is 5.36. The molecular weight excluding hydrogens is 200 g/mol. The Labute approximate surface area is 97.3 Å². The molecule has 0 atom stereocenters. The topological polar surface area (TPSA) is 36.3 Å². The average Bonchev–Trinajstić information content (AvgIpc) is 2.30. The lowest BCUT2D eigenvalue weighted by atomic mass is 10.2. The van der Waals surface area contributed by atoms with E-state index in [4.69, 9.17) is 10.00 Å². The van der Waals surface area contributed by atoms with Crippen molar-refractivity contribution in [2.45, 2.75) is 13.3 Å². The predicted molar refractivity (Wildman–Crippen MR) is 64.4 cm³/mol. The minimum atomic E-state index is 0.638. The minimum absolute atomic E-state index is 0.638. The van der Waals surface area contributed by atoms with Crippen LogP contribution >= 0.6 is 0 Å². The van der Waals surface area contributed by atoms with Gasteiger partial charge in [-0.2, -0.15) is 5.26 Å². The molecule has 0 heterocycles. The first-order chi connectivity index (χ1) is 7.76. The van der Waals surface area contributed by atoms with Gasteiger partial charge in [-0.1, -0.05) is 13.0 Å². The van der Waals surface area contributed by atoms with Crippen LogP contribution in [0.15, 0.2) is 24.3 Å². The highest BCUT2D eigenvalue weighted by Gasteiger charge is 1.98. The lowest BCUT2D eigenvalue weighted by Crippen LogP contribution is -2.24. The van der Waals surface area contributed by atoms with Crippen LogP contribution in [-0.2, 0) is 0 Å². The summed E-state index contributed by atoms with van der Waals surface area (Å²) in [6, 6.07) is 9.35. The standard InChI is InChI=1S/C13H18N2O/c1-3-7-15(2)8-9-16-13-6-4-5-12(10-13)11-14/h4-6,10H,3,7-9H2,1-2H3. The van der Waals surface area contributed by atoms with E-state index in [1.807, 2.05) is 12.1 Å². The molecule has 0 saturated carbocycles. The van der Waals surface area contributed by atoms with Crippen molar-refractivity contribution in [2.24, 2.45) is 0 Å². The monoisotopic (exact) mass is 218 g/mol. The van der Waals surface area contributed by atoms with Crippen LogP contribution in [0.3, 0.4) is 0 Å². The summed E-state index contributed by atoms with van der Waals surface area (Å²) in [5.41, 5.74) is 0.638. The van der Waals surface area contributed by atoms with Crippen LogP contribution in [0.4, 0.5) is 0 Å². The lowest BCUT2D eigenvalue weighted by Gasteiger charge is -2.15. The van der Waals surface area contributed by atoms with Gasteiger partial charge in [0.05, 0.1) is 11.6 Å². The number of hydrogen-bond donors (Lipinski definition) is 0. The zero-order chi connectivity index (χ0) is 11.8. The van der Waals surface area contributed by atoms with Gasteiger partial charge in [0.25, 0.3) is 0 Å². The van der Waals surface area contributed by atoms with E-state index in [-0.39, 0.29) is 0 Å². The van der Waals surface area contributed by atoms with Crippen LogP contribution in [0.25, 0.3) is 0 Å². The Hall–Kier alpha value is -1.53. The van der Waals surface area contributed by atoms with Crippen LogP contribution in [0.1, 0.15) is 18.9 Å². The third-order valence-corrected chi connectivity index (χ3v) is 2.31. The zero-order valence-electron chi connectivity index (χ0n) is 9.94.